The summed E-state index contributed by atoms with van der Waals surface area (Å²) in [5.41, 5.74) is 0.976. The zero-order valence-electron chi connectivity index (χ0n) is 14.5. The number of amides is 2. The van der Waals surface area contributed by atoms with Crippen molar-refractivity contribution >= 4 is 12.0 Å². The minimum Gasteiger partial charge on any atom is -0.478 e. The molecule has 1 aromatic rings. The highest BCUT2D eigenvalue weighted by Crippen LogP contribution is 2.33. The zero-order chi connectivity index (χ0) is 17.7. The molecule has 6 heteroatoms. The zero-order valence-corrected chi connectivity index (χ0v) is 14.5. The van der Waals surface area contributed by atoms with E-state index in [4.69, 9.17) is 9.84 Å². The Morgan fingerprint density at radius 2 is 1.80 bits per heavy atom. The van der Waals surface area contributed by atoms with Crippen LogP contribution in [0.25, 0.3) is 0 Å². The highest BCUT2D eigenvalue weighted by atomic mass is 16.5. The summed E-state index contributed by atoms with van der Waals surface area (Å²) in [6, 6.07) is 6.50. The van der Waals surface area contributed by atoms with E-state index < -0.39 is 5.97 Å². The smallest absolute Gasteiger partial charge is 0.335 e. The monoisotopic (exact) mass is 346 g/mol. The number of benzene rings is 1. The van der Waals surface area contributed by atoms with Gasteiger partial charge >= 0.3 is 12.0 Å². The summed E-state index contributed by atoms with van der Waals surface area (Å²) in [6.45, 7) is 2.27. The highest BCUT2D eigenvalue weighted by molar-refractivity contribution is 5.87. The summed E-state index contributed by atoms with van der Waals surface area (Å²) in [6.07, 6.45) is 6.92. The van der Waals surface area contributed by atoms with Crippen molar-refractivity contribution in [3.8, 4) is 0 Å². The Kier molecular flexibility index (Phi) is 5.58. The van der Waals surface area contributed by atoms with Crippen LogP contribution in [0.5, 0.6) is 0 Å². The lowest BCUT2D eigenvalue weighted by atomic mass is 9.92. The average molecular weight is 346 g/mol. The number of ether oxygens (including phenoxy) is 1. The van der Waals surface area contributed by atoms with E-state index in [0.717, 1.165) is 18.4 Å². The van der Waals surface area contributed by atoms with Gasteiger partial charge in [0, 0.05) is 13.1 Å². The number of rotatable bonds is 3. The summed E-state index contributed by atoms with van der Waals surface area (Å²) >= 11 is 0. The van der Waals surface area contributed by atoms with Gasteiger partial charge < -0.3 is 20.1 Å². The molecule has 1 aliphatic heterocycles. The van der Waals surface area contributed by atoms with E-state index in [1.54, 1.807) is 24.3 Å². The second-order valence-corrected chi connectivity index (χ2v) is 7.03. The maximum Gasteiger partial charge on any atom is 0.335 e. The fraction of sp³-hybridized carbons (Fsp3) is 0.579. The number of carbonyl (C=O) groups is 2. The van der Waals surface area contributed by atoms with Gasteiger partial charge in [0.05, 0.1) is 24.3 Å². The second kappa shape index (κ2) is 7.87. The van der Waals surface area contributed by atoms with E-state index >= 15 is 0 Å². The van der Waals surface area contributed by atoms with E-state index in [0.29, 0.717) is 26.2 Å². The van der Waals surface area contributed by atoms with Crippen LogP contribution >= 0.6 is 0 Å². The van der Waals surface area contributed by atoms with Crippen molar-refractivity contribution in [2.75, 3.05) is 19.7 Å². The molecule has 1 saturated heterocycles. The number of hydrogen-bond acceptors (Lipinski definition) is 3. The molecule has 1 heterocycles. The normalized spacial score (nSPS) is 20.1. The van der Waals surface area contributed by atoms with Crippen LogP contribution in [0, 0.1) is 0 Å². The van der Waals surface area contributed by atoms with Gasteiger partial charge in [0.25, 0.3) is 0 Å². The lowest BCUT2D eigenvalue weighted by Crippen LogP contribution is -2.55. The highest BCUT2D eigenvalue weighted by Gasteiger charge is 2.38. The topological polar surface area (TPSA) is 78.9 Å². The van der Waals surface area contributed by atoms with Crippen LogP contribution in [0.3, 0.4) is 0 Å². The number of carboxylic acid groups (broad SMARTS) is 1. The lowest BCUT2D eigenvalue weighted by Gasteiger charge is -2.42. The van der Waals surface area contributed by atoms with Gasteiger partial charge in [0.15, 0.2) is 0 Å². The number of nitrogens with zero attached hydrogens (tertiary/aromatic N) is 1. The molecule has 1 saturated carbocycles. The van der Waals surface area contributed by atoms with Gasteiger partial charge in [-0.15, -0.1) is 0 Å². The SMILES string of the molecule is O=C(O)c1ccc(CNC(=O)N2CCOC3(CCCCCC3)C2)cc1. The van der Waals surface area contributed by atoms with Crippen molar-refractivity contribution in [1.82, 2.24) is 10.2 Å². The number of morpholine rings is 1. The average Bonchev–Trinajstić information content (AvgIpc) is 2.85. The molecule has 2 aliphatic rings. The quantitative estimate of drug-likeness (QED) is 0.882. The molecule has 25 heavy (non-hydrogen) atoms. The van der Waals surface area contributed by atoms with Crippen molar-refractivity contribution < 1.29 is 19.4 Å². The van der Waals surface area contributed by atoms with Gasteiger partial charge in [-0.3, -0.25) is 0 Å². The van der Waals surface area contributed by atoms with Gasteiger partial charge in [-0.1, -0.05) is 37.8 Å². The summed E-state index contributed by atoms with van der Waals surface area (Å²) in [4.78, 5) is 25.3. The van der Waals surface area contributed by atoms with Crippen molar-refractivity contribution in [3.63, 3.8) is 0 Å². The van der Waals surface area contributed by atoms with Crippen molar-refractivity contribution in [2.45, 2.75) is 50.7 Å². The molecule has 0 unspecified atom stereocenters. The van der Waals surface area contributed by atoms with Gasteiger partial charge in [-0.2, -0.15) is 0 Å². The maximum absolute atomic E-state index is 12.5. The minimum absolute atomic E-state index is 0.0748. The Labute approximate surface area is 148 Å². The standard InChI is InChI=1S/C19H26N2O4/c22-17(23)16-7-5-15(6-8-16)13-20-18(24)21-11-12-25-19(14-21)9-3-1-2-4-10-19/h5-8H,1-4,9-14H2,(H,20,24)(H,22,23). The molecule has 1 aromatic carbocycles. The van der Waals surface area contributed by atoms with Gasteiger partial charge in [-0.25, -0.2) is 9.59 Å². The van der Waals surface area contributed by atoms with Gasteiger partial charge in [0.2, 0.25) is 0 Å². The largest absolute Gasteiger partial charge is 0.478 e. The van der Waals surface area contributed by atoms with Crippen LogP contribution in [-0.2, 0) is 11.3 Å². The molecule has 2 fully saturated rings. The summed E-state index contributed by atoms with van der Waals surface area (Å²) in [5, 5.41) is 11.9. The van der Waals surface area contributed by atoms with Crippen molar-refractivity contribution in [2.24, 2.45) is 0 Å². The van der Waals surface area contributed by atoms with Gasteiger partial charge in [0.1, 0.15) is 0 Å². The molecule has 0 radical (unpaired) electrons. The van der Waals surface area contributed by atoms with E-state index in [1.807, 2.05) is 4.90 Å². The first-order chi connectivity index (χ1) is 12.1. The molecule has 1 aliphatic carbocycles. The first kappa shape index (κ1) is 17.7. The number of carboxylic acids is 1. The third kappa shape index (κ3) is 4.51. The summed E-state index contributed by atoms with van der Waals surface area (Å²) < 4.78 is 6.09. The Bertz CT molecular complexity index is 606. The van der Waals surface area contributed by atoms with Crippen LogP contribution in [0.15, 0.2) is 24.3 Å². The first-order valence-corrected chi connectivity index (χ1v) is 9.07. The molecular formula is C19H26N2O4. The van der Waals surface area contributed by atoms with Gasteiger partial charge in [-0.05, 0) is 30.5 Å². The van der Waals surface area contributed by atoms with Crippen molar-refractivity contribution in [1.29, 1.82) is 0 Å². The fourth-order valence-electron chi connectivity index (χ4n) is 3.75. The molecule has 136 valence electrons. The molecule has 1 spiro atoms. The van der Waals surface area contributed by atoms with E-state index in [-0.39, 0.29) is 17.2 Å². The van der Waals surface area contributed by atoms with Crippen LogP contribution in [-0.4, -0.2) is 47.3 Å². The lowest BCUT2D eigenvalue weighted by molar-refractivity contribution is -0.105. The number of carbonyl (C=O) groups excluding carboxylic acids is 1. The molecule has 3 rings (SSSR count). The summed E-state index contributed by atoms with van der Waals surface area (Å²) in [5.74, 6) is -0.947. The van der Waals surface area contributed by atoms with E-state index in [2.05, 4.69) is 5.32 Å². The third-order valence-corrected chi connectivity index (χ3v) is 5.20. The Balaban J connectivity index is 1.54. The number of nitrogens with one attached hydrogen (secondary N) is 1. The molecule has 0 atom stereocenters. The Hall–Kier alpha value is -2.08. The number of aromatic carboxylic acids is 1. The van der Waals surface area contributed by atoms with Crippen LogP contribution < -0.4 is 5.32 Å². The second-order valence-electron chi connectivity index (χ2n) is 7.03. The molecule has 2 amide bonds. The predicted octanol–water partition coefficient (Wildman–Crippen LogP) is 3.02. The molecule has 2 N–H and O–H groups in total. The fourth-order valence-corrected chi connectivity index (χ4v) is 3.75. The molecular weight excluding hydrogens is 320 g/mol. The van der Waals surface area contributed by atoms with E-state index in [9.17, 15) is 9.59 Å². The van der Waals surface area contributed by atoms with Crippen LogP contribution in [0.4, 0.5) is 4.79 Å². The maximum atomic E-state index is 12.5. The molecule has 0 bridgehead atoms. The predicted molar refractivity (Wildman–Crippen MR) is 93.6 cm³/mol. The van der Waals surface area contributed by atoms with Crippen LogP contribution in [0.1, 0.15) is 54.4 Å². The Morgan fingerprint density at radius 1 is 1.12 bits per heavy atom. The number of hydrogen-bond donors (Lipinski definition) is 2. The summed E-state index contributed by atoms with van der Waals surface area (Å²) in [7, 11) is 0. The molecule has 6 nitrogen and oxygen atoms in total. The third-order valence-electron chi connectivity index (χ3n) is 5.20. The van der Waals surface area contributed by atoms with Crippen molar-refractivity contribution in [3.05, 3.63) is 35.4 Å². The first-order valence-electron chi connectivity index (χ1n) is 9.07. The Morgan fingerprint density at radius 3 is 2.44 bits per heavy atom. The minimum atomic E-state index is -0.947. The number of urea groups is 1. The molecule has 0 aromatic heterocycles. The van der Waals surface area contributed by atoms with E-state index in [1.165, 1.54) is 25.7 Å². The van der Waals surface area contributed by atoms with Crippen LogP contribution in [0.2, 0.25) is 0 Å².